The number of halogens is 1. The van der Waals surface area contributed by atoms with Crippen molar-refractivity contribution in [3.63, 3.8) is 0 Å². The Morgan fingerprint density at radius 2 is 1.73 bits per heavy atom. The van der Waals surface area contributed by atoms with E-state index in [2.05, 4.69) is 10.6 Å². The second kappa shape index (κ2) is 8.82. The molecule has 2 N–H and O–H groups in total. The highest BCUT2D eigenvalue weighted by Crippen LogP contribution is 2.25. The van der Waals surface area contributed by atoms with Crippen molar-refractivity contribution in [3.05, 3.63) is 76.9 Å². The smallest absolute Gasteiger partial charge is 0.253 e. The summed E-state index contributed by atoms with van der Waals surface area (Å²) < 4.78 is 20.3. The number of hydrogen-bond acceptors (Lipinski definition) is 3. The molecule has 30 heavy (non-hydrogen) atoms. The van der Waals surface area contributed by atoms with Crippen molar-refractivity contribution in [2.24, 2.45) is 0 Å². The summed E-state index contributed by atoms with van der Waals surface area (Å²) in [5, 5.41) is 5.40. The van der Waals surface area contributed by atoms with E-state index in [1.807, 2.05) is 31.4 Å². The van der Waals surface area contributed by atoms with Crippen LogP contribution in [-0.4, -0.2) is 30.0 Å². The highest BCUT2D eigenvalue weighted by Gasteiger charge is 2.18. The van der Waals surface area contributed by atoms with Crippen LogP contribution in [0, 0.1) is 26.6 Å². The average molecular weight is 409 g/mol. The van der Waals surface area contributed by atoms with Gasteiger partial charge in [-0.2, -0.15) is 0 Å². The van der Waals surface area contributed by atoms with Gasteiger partial charge in [-0.15, -0.1) is 0 Å². The summed E-state index contributed by atoms with van der Waals surface area (Å²) in [5.74, 6) is -0.499. The third-order valence-electron chi connectivity index (χ3n) is 4.80. The Kier molecular flexibility index (Phi) is 6.20. The lowest BCUT2D eigenvalue weighted by Gasteiger charge is -2.12. The summed E-state index contributed by atoms with van der Waals surface area (Å²) >= 11 is 0. The molecule has 7 heteroatoms. The molecule has 6 nitrogen and oxygen atoms in total. The summed E-state index contributed by atoms with van der Waals surface area (Å²) in [6.07, 6.45) is 0. The Labute approximate surface area is 174 Å². The number of aryl methyl sites for hydroxylation is 2. The predicted molar refractivity (Wildman–Crippen MR) is 114 cm³/mol. The maximum Gasteiger partial charge on any atom is 0.253 e. The van der Waals surface area contributed by atoms with Crippen LogP contribution < -0.4 is 15.4 Å². The number of amides is 2. The summed E-state index contributed by atoms with van der Waals surface area (Å²) in [7, 11) is 1.53. The minimum atomic E-state index is -0.361. The van der Waals surface area contributed by atoms with Gasteiger partial charge in [-0.1, -0.05) is 6.07 Å². The van der Waals surface area contributed by atoms with Crippen LogP contribution in [0.15, 0.2) is 48.5 Å². The monoisotopic (exact) mass is 409 g/mol. The molecule has 0 aliphatic heterocycles. The number of nitrogens with zero attached hydrogens (tertiary/aromatic N) is 1. The lowest BCUT2D eigenvalue weighted by atomic mass is 10.2. The lowest BCUT2D eigenvalue weighted by molar-refractivity contribution is -0.115. The van der Waals surface area contributed by atoms with Crippen LogP contribution in [-0.2, 0) is 4.79 Å². The van der Waals surface area contributed by atoms with Crippen LogP contribution in [0.2, 0.25) is 0 Å². The zero-order valence-electron chi connectivity index (χ0n) is 17.4. The highest BCUT2D eigenvalue weighted by atomic mass is 19.1. The first-order valence-electron chi connectivity index (χ1n) is 9.47. The number of hydrogen-bond donors (Lipinski definition) is 2. The second-order valence-electron chi connectivity index (χ2n) is 7.03. The molecule has 3 aromatic rings. The molecule has 1 aromatic heterocycles. The van der Waals surface area contributed by atoms with Gasteiger partial charge in [0.15, 0.2) is 0 Å². The third-order valence-corrected chi connectivity index (χ3v) is 4.80. The largest absolute Gasteiger partial charge is 0.495 e. The molecule has 1 heterocycles. The van der Waals surface area contributed by atoms with Gasteiger partial charge in [-0.3, -0.25) is 9.59 Å². The quantitative estimate of drug-likeness (QED) is 0.648. The van der Waals surface area contributed by atoms with Crippen LogP contribution in [0.25, 0.3) is 5.69 Å². The first-order valence-corrected chi connectivity index (χ1v) is 9.47. The van der Waals surface area contributed by atoms with E-state index in [0.717, 1.165) is 16.9 Å². The van der Waals surface area contributed by atoms with Crippen molar-refractivity contribution in [2.45, 2.75) is 20.8 Å². The number of ether oxygens (including phenoxy) is 1. The van der Waals surface area contributed by atoms with E-state index in [1.54, 1.807) is 30.3 Å². The van der Waals surface area contributed by atoms with Crippen LogP contribution in [0.1, 0.15) is 27.3 Å². The molecule has 0 saturated carbocycles. The van der Waals surface area contributed by atoms with Gasteiger partial charge in [0.2, 0.25) is 5.91 Å². The first kappa shape index (κ1) is 21.1. The van der Waals surface area contributed by atoms with Gasteiger partial charge in [-0.25, -0.2) is 4.39 Å². The van der Waals surface area contributed by atoms with E-state index < -0.39 is 0 Å². The normalized spacial score (nSPS) is 10.6. The van der Waals surface area contributed by atoms with Gasteiger partial charge < -0.3 is 19.9 Å². The summed E-state index contributed by atoms with van der Waals surface area (Å²) in [6, 6.07) is 13.3. The minimum absolute atomic E-state index is 0.184. The van der Waals surface area contributed by atoms with Gasteiger partial charge in [0, 0.05) is 17.1 Å². The number of nitrogens with one attached hydrogen (secondary N) is 2. The molecule has 3 rings (SSSR count). The van der Waals surface area contributed by atoms with Crippen molar-refractivity contribution < 1.29 is 18.7 Å². The molecule has 156 valence electrons. The lowest BCUT2D eigenvalue weighted by Crippen LogP contribution is -2.33. The van der Waals surface area contributed by atoms with E-state index >= 15 is 0 Å². The van der Waals surface area contributed by atoms with Gasteiger partial charge in [0.05, 0.1) is 24.9 Å². The summed E-state index contributed by atoms with van der Waals surface area (Å²) in [6.45, 7) is 5.40. The van der Waals surface area contributed by atoms with Gasteiger partial charge in [0.25, 0.3) is 5.91 Å². The molecule has 0 radical (unpaired) electrons. The Bertz CT molecular complexity index is 1090. The van der Waals surface area contributed by atoms with Crippen molar-refractivity contribution in [3.8, 4) is 11.4 Å². The minimum Gasteiger partial charge on any atom is -0.495 e. The van der Waals surface area contributed by atoms with Crippen molar-refractivity contribution in [1.82, 2.24) is 9.88 Å². The molecule has 0 fully saturated rings. The maximum atomic E-state index is 13.2. The van der Waals surface area contributed by atoms with E-state index in [-0.39, 0.29) is 24.2 Å². The zero-order valence-corrected chi connectivity index (χ0v) is 17.4. The zero-order chi connectivity index (χ0) is 21.8. The molecule has 0 unspecified atom stereocenters. The molecule has 2 amide bonds. The molecule has 2 aromatic carbocycles. The first-order chi connectivity index (χ1) is 14.3. The summed E-state index contributed by atoms with van der Waals surface area (Å²) in [4.78, 5) is 25.0. The molecular weight excluding hydrogens is 385 g/mol. The fourth-order valence-electron chi connectivity index (χ4n) is 3.35. The molecule has 0 aliphatic rings. The molecular formula is C23H24FN3O3. The van der Waals surface area contributed by atoms with Crippen LogP contribution >= 0.6 is 0 Å². The number of carbonyl (C=O) groups is 2. The topological polar surface area (TPSA) is 72.4 Å². The van der Waals surface area contributed by atoms with Crippen molar-refractivity contribution in [2.75, 3.05) is 19.0 Å². The summed E-state index contributed by atoms with van der Waals surface area (Å²) in [5.41, 5.74) is 4.28. The number of methoxy groups -OCH3 is 1. The molecule has 0 spiro atoms. The van der Waals surface area contributed by atoms with Crippen LogP contribution in [0.4, 0.5) is 10.1 Å². The SMILES string of the molecule is COc1ccc(C)cc1NC(=O)CNC(=O)c1cc(C)n(-c2ccc(F)cc2)c1C. The molecule has 0 aliphatic carbocycles. The Morgan fingerprint density at radius 1 is 1.03 bits per heavy atom. The van der Waals surface area contributed by atoms with E-state index in [0.29, 0.717) is 22.7 Å². The fourth-order valence-corrected chi connectivity index (χ4v) is 3.35. The molecule has 0 bridgehead atoms. The van der Waals surface area contributed by atoms with Crippen LogP contribution in [0.5, 0.6) is 5.75 Å². The average Bonchev–Trinajstić information content (AvgIpc) is 3.01. The number of carbonyl (C=O) groups excluding carboxylic acids is 2. The van der Waals surface area contributed by atoms with E-state index in [4.69, 9.17) is 4.74 Å². The number of benzene rings is 2. The fraction of sp³-hybridized carbons (Fsp3) is 0.217. The molecule has 0 saturated heterocycles. The maximum absolute atomic E-state index is 13.2. The van der Waals surface area contributed by atoms with Gasteiger partial charge in [-0.05, 0) is 68.8 Å². The van der Waals surface area contributed by atoms with E-state index in [9.17, 15) is 14.0 Å². The van der Waals surface area contributed by atoms with Gasteiger partial charge >= 0.3 is 0 Å². The number of rotatable bonds is 6. The standard InChI is InChI=1S/C23H24FN3O3/c1-14-5-10-21(30-4)20(11-14)26-22(28)13-25-23(29)19-12-15(2)27(16(19)3)18-8-6-17(24)7-9-18/h5-12H,13H2,1-4H3,(H,25,29)(H,26,28). The Balaban J connectivity index is 1.70. The van der Waals surface area contributed by atoms with Crippen LogP contribution in [0.3, 0.4) is 0 Å². The highest BCUT2D eigenvalue weighted by molar-refractivity contribution is 6.00. The Morgan fingerprint density at radius 3 is 2.40 bits per heavy atom. The Hall–Kier alpha value is -3.61. The second-order valence-corrected chi connectivity index (χ2v) is 7.03. The molecule has 0 atom stereocenters. The van der Waals surface area contributed by atoms with Gasteiger partial charge in [0.1, 0.15) is 11.6 Å². The van der Waals surface area contributed by atoms with E-state index in [1.165, 1.54) is 19.2 Å². The van der Waals surface area contributed by atoms with Crippen molar-refractivity contribution in [1.29, 1.82) is 0 Å². The van der Waals surface area contributed by atoms with Crippen molar-refractivity contribution >= 4 is 17.5 Å². The predicted octanol–water partition coefficient (Wildman–Crippen LogP) is 3.92. The third kappa shape index (κ3) is 4.51. The number of aromatic nitrogens is 1. The number of anilines is 1.